The molecule has 0 bridgehead atoms. The molecule has 0 unspecified atom stereocenters. The van der Waals surface area contributed by atoms with Gasteiger partial charge in [-0.2, -0.15) is 5.10 Å². The van der Waals surface area contributed by atoms with Gasteiger partial charge in [-0.1, -0.05) is 6.07 Å². The maximum Gasteiger partial charge on any atom is 0.268 e. The first-order chi connectivity index (χ1) is 12.4. The number of fused-ring (bicyclic) bond motifs is 1. The molecule has 3 heterocycles. The maximum absolute atomic E-state index is 12.4. The Morgan fingerprint density at radius 1 is 1.19 bits per heavy atom. The van der Waals surface area contributed by atoms with Crippen LogP contribution in [0, 0.1) is 0 Å². The van der Waals surface area contributed by atoms with E-state index in [0.717, 1.165) is 10.2 Å². The summed E-state index contributed by atoms with van der Waals surface area (Å²) >= 11 is 1.36. The smallest absolute Gasteiger partial charge is 0.268 e. The van der Waals surface area contributed by atoms with E-state index in [4.69, 9.17) is 0 Å². The second-order valence-electron chi connectivity index (χ2n) is 5.75. The van der Waals surface area contributed by atoms with Gasteiger partial charge in [0, 0.05) is 32.1 Å². The summed E-state index contributed by atoms with van der Waals surface area (Å²) in [5, 5.41) is 10.8. The zero-order valence-corrected chi connectivity index (χ0v) is 15.5. The van der Waals surface area contributed by atoms with Crippen LogP contribution in [-0.2, 0) is 20.6 Å². The fraction of sp³-hybridized carbons (Fsp3) is 0.294. The van der Waals surface area contributed by atoms with Crippen molar-refractivity contribution < 1.29 is 9.59 Å². The van der Waals surface area contributed by atoms with Crippen LogP contribution in [-0.4, -0.2) is 32.7 Å². The van der Waals surface area contributed by atoms with E-state index >= 15 is 0 Å². The van der Waals surface area contributed by atoms with Gasteiger partial charge in [0.15, 0.2) is 0 Å². The van der Waals surface area contributed by atoms with Gasteiger partial charge in [0.2, 0.25) is 0 Å². The highest BCUT2D eigenvalue weighted by atomic mass is 32.1. The molecular weight excluding hydrogens is 354 g/mol. The van der Waals surface area contributed by atoms with Crippen LogP contribution < -0.4 is 16.2 Å². The van der Waals surface area contributed by atoms with Gasteiger partial charge in [0.05, 0.1) is 17.1 Å². The van der Waals surface area contributed by atoms with Crippen LogP contribution in [0.1, 0.15) is 32.8 Å². The summed E-state index contributed by atoms with van der Waals surface area (Å²) in [4.78, 5) is 37.5. The number of pyridine rings is 1. The van der Waals surface area contributed by atoms with Crippen molar-refractivity contribution in [3.05, 3.63) is 50.9 Å². The van der Waals surface area contributed by atoms with Gasteiger partial charge < -0.3 is 15.2 Å². The number of nitrogens with one attached hydrogen (secondary N) is 2. The molecule has 0 aliphatic carbocycles. The van der Waals surface area contributed by atoms with Gasteiger partial charge >= 0.3 is 0 Å². The Kier molecular flexibility index (Phi) is 4.90. The van der Waals surface area contributed by atoms with Crippen molar-refractivity contribution in [2.45, 2.75) is 13.5 Å². The van der Waals surface area contributed by atoms with Gasteiger partial charge in [0.1, 0.15) is 10.5 Å². The van der Waals surface area contributed by atoms with Crippen molar-refractivity contribution in [3.8, 4) is 0 Å². The first-order valence-electron chi connectivity index (χ1n) is 8.10. The fourth-order valence-electron chi connectivity index (χ4n) is 2.65. The zero-order valence-electron chi connectivity index (χ0n) is 14.7. The molecule has 3 aromatic rings. The summed E-state index contributed by atoms with van der Waals surface area (Å²) in [7, 11) is 3.35. The second-order valence-corrected chi connectivity index (χ2v) is 6.78. The molecular formula is C17H19N5O3S. The van der Waals surface area contributed by atoms with E-state index in [-0.39, 0.29) is 29.6 Å². The van der Waals surface area contributed by atoms with E-state index in [1.807, 2.05) is 6.92 Å². The lowest BCUT2D eigenvalue weighted by molar-refractivity contribution is 0.0937. The maximum atomic E-state index is 12.4. The van der Waals surface area contributed by atoms with Gasteiger partial charge in [-0.25, -0.2) is 0 Å². The summed E-state index contributed by atoms with van der Waals surface area (Å²) in [5.74, 6) is -0.480. The summed E-state index contributed by atoms with van der Waals surface area (Å²) in [5.41, 5.74) is 0.698. The quantitative estimate of drug-likeness (QED) is 0.697. The Bertz CT molecular complexity index is 1050. The van der Waals surface area contributed by atoms with Gasteiger partial charge in [-0.05, 0) is 19.1 Å². The largest absolute Gasteiger partial charge is 0.352 e. The van der Waals surface area contributed by atoms with Gasteiger partial charge in [0.25, 0.3) is 17.4 Å². The number of thiophene rings is 1. The van der Waals surface area contributed by atoms with Crippen LogP contribution in [0.3, 0.4) is 0 Å². The Labute approximate surface area is 153 Å². The molecule has 136 valence electrons. The first kappa shape index (κ1) is 17.9. The number of rotatable bonds is 5. The fourth-order valence-corrected chi connectivity index (χ4v) is 3.66. The minimum absolute atomic E-state index is 0.122. The van der Waals surface area contributed by atoms with Crippen molar-refractivity contribution in [3.63, 3.8) is 0 Å². The Balaban J connectivity index is 1.82. The van der Waals surface area contributed by atoms with E-state index < -0.39 is 0 Å². The van der Waals surface area contributed by atoms with Gasteiger partial charge in [-0.3, -0.25) is 19.1 Å². The first-order valence-corrected chi connectivity index (χ1v) is 8.92. The molecule has 0 aliphatic rings. The number of amides is 2. The summed E-state index contributed by atoms with van der Waals surface area (Å²) in [6.45, 7) is 2.62. The Hall–Kier alpha value is -2.94. The molecule has 0 fully saturated rings. The van der Waals surface area contributed by atoms with Crippen molar-refractivity contribution in [1.29, 1.82) is 0 Å². The standard InChI is InChI=1S/C17H19N5O3S/c1-4-18-16(25)13-8-10-11(20-22(3)17(10)26-13)9-19-15(24)12-6-5-7-14(23)21(12)2/h5-8H,4,9H2,1-3H3,(H,18,25)(H,19,24). The van der Waals surface area contributed by atoms with E-state index in [0.29, 0.717) is 17.1 Å². The molecule has 0 spiro atoms. The predicted molar refractivity (Wildman–Crippen MR) is 99.5 cm³/mol. The van der Waals surface area contributed by atoms with Crippen LogP contribution in [0.15, 0.2) is 29.1 Å². The molecule has 0 aromatic carbocycles. The average Bonchev–Trinajstić information content (AvgIpc) is 3.17. The number of aryl methyl sites for hydroxylation is 1. The molecule has 0 saturated carbocycles. The van der Waals surface area contributed by atoms with Crippen molar-refractivity contribution in [1.82, 2.24) is 25.0 Å². The minimum Gasteiger partial charge on any atom is -0.352 e. The average molecular weight is 373 g/mol. The Morgan fingerprint density at radius 3 is 2.69 bits per heavy atom. The van der Waals surface area contributed by atoms with E-state index in [1.54, 1.807) is 37.0 Å². The van der Waals surface area contributed by atoms with Crippen molar-refractivity contribution >= 4 is 33.4 Å². The normalized spacial score (nSPS) is 10.9. The lowest BCUT2D eigenvalue weighted by atomic mass is 10.2. The SMILES string of the molecule is CCNC(=O)c1cc2c(CNC(=O)c3cccc(=O)n3C)nn(C)c2s1. The van der Waals surface area contributed by atoms with Crippen LogP contribution in [0.4, 0.5) is 0 Å². The molecule has 0 aliphatic heterocycles. The molecule has 3 rings (SSSR count). The molecule has 0 radical (unpaired) electrons. The number of aromatic nitrogens is 3. The molecule has 2 amide bonds. The third-order valence-corrected chi connectivity index (χ3v) is 5.18. The molecule has 0 saturated heterocycles. The number of carbonyl (C=O) groups excluding carboxylic acids is 2. The molecule has 8 nitrogen and oxygen atoms in total. The summed E-state index contributed by atoms with van der Waals surface area (Å²) < 4.78 is 2.99. The molecule has 26 heavy (non-hydrogen) atoms. The zero-order chi connectivity index (χ0) is 18.8. The van der Waals surface area contributed by atoms with Crippen LogP contribution >= 0.6 is 11.3 Å². The lowest BCUT2D eigenvalue weighted by Gasteiger charge is -2.07. The number of nitrogens with zero attached hydrogens (tertiary/aromatic N) is 3. The molecule has 9 heteroatoms. The van der Waals surface area contributed by atoms with Crippen molar-refractivity contribution in [2.24, 2.45) is 14.1 Å². The Morgan fingerprint density at radius 2 is 1.96 bits per heavy atom. The number of carbonyl (C=O) groups is 2. The molecule has 0 atom stereocenters. The van der Waals surface area contributed by atoms with Gasteiger partial charge in [-0.15, -0.1) is 11.3 Å². The lowest BCUT2D eigenvalue weighted by Crippen LogP contribution is -2.30. The summed E-state index contributed by atoms with van der Waals surface area (Å²) in [6, 6.07) is 6.32. The highest BCUT2D eigenvalue weighted by Gasteiger charge is 2.17. The predicted octanol–water partition coefficient (Wildman–Crippen LogP) is 1.01. The molecule has 3 aromatic heterocycles. The van der Waals surface area contributed by atoms with Crippen LogP contribution in [0.2, 0.25) is 0 Å². The van der Waals surface area contributed by atoms with Crippen molar-refractivity contribution in [2.75, 3.05) is 6.54 Å². The molecule has 2 N–H and O–H groups in total. The van der Waals surface area contributed by atoms with Crippen LogP contribution in [0.25, 0.3) is 10.2 Å². The van der Waals surface area contributed by atoms with Crippen LogP contribution in [0.5, 0.6) is 0 Å². The third kappa shape index (κ3) is 3.25. The monoisotopic (exact) mass is 373 g/mol. The van der Waals surface area contributed by atoms with E-state index in [9.17, 15) is 14.4 Å². The van der Waals surface area contributed by atoms with E-state index in [1.165, 1.54) is 22.0 Å². The number of hydrogen-bond acceptors (Lipinski definition) is 5. The summed E-state index contributed by atoms with van der Waals surface area (Å²) in [6.07, 6.45) is 0. The third-order valence-electron chi connectivity index (χ3n) is 3.98. The highest BCUT2D eigenvalue weighted by molar-refractivity contribution is 7.20. The topological polar surface area (TPSA) is 98.0 Å². The second kappa shape index (κ2) is 7.12. The number of hydrogen-bond donors (Lipinski definition) is 2. The van der Waals surface area contributed by atoms with E-state index in [2.05, 4.69) is 15.7 Å². The minimum atomic E-state index is -0.358. The highest BCUT2D eigenvalue weighted by Crippen LogP contribution is 2.28.